The van der Waals surface area contributed by atoms with Crippen LogP contribution in [-0.2, 0) is 0 Å². The van der Waals surface area contributed by atoms with Crippen molar-refractivity contribution in [2.24, 2.45) is 17.8 Å². The number of hydrogen-bond acceptors (Lipinski definition) is 18. The minimum atomic E-state index is -4.62. The second-order valence-electron chi connectivity index (χ2n) is 26.9. The number of ketones is 3. The fourth-order valence-corrected chi connectivity index (χ4v) is 12.2. The van der Waals surface area contributed by atoms with E-state index in [1.54, 1.807) is 0 Å². The van der Waals surface area contributed by atoms with Crippen molar-refractivity contribution in [3.63, 3.8) is 0 Å². The van der Waals surface area contributed by atoms with Gasteiger partial charge >= 0.3 is 18.5 Å². The van der Waals surface area contributed by atoms with Crippen LogP contribution in [-0.4, -0.2) is 109 Å². The van der Waals surface area contributed by atoms with E-state index in [1.807, 2.05) is 18.2 Å². The van der Waals surface area contributed by atoms with Gasteiger partial charge in [0.15, 0.2) is 17.3 Å². The fourth-order valence-electron chi connectivity index (χ4n) is 12.2. The summed E-state index contributed by atoms with van der Waals surface area (Å²) in [6, 6.07) is 35.0. The van der Waals surface area contributed by atoms with Crippen LogP contribution in [0.4, 0.5) is 83.3 Å². The predicted molar refractivity (Wildman–Crippen MR) is 409 cm³/mol. The summed E-state index contributed by atoms with van der Waals surface area (Å²) in [5.74, 6) is -11.0. The van der Waals surface area contributed by atoms with Crippen LogP contribution in [0.15, 0.2) is 159 Å². The van der Waals surface area contributed by atoms with E-state index in [0.29, 0.717) is 16.7 Å². The van der Waals surface area contributed by atoms with Gasteiger partial charge in [0, 0.05) is 73.8 Å². The molecular weight excluding hydrogens is 1610 g/mol. The number of benzene rings is 6. The predicted octanol–water partition coefficient (Wildman–Crippen LogP) is 19.5. The van der Waals surface area contributed by atoms with E-state index >= 15 is 0 Å². The Bertz CT molecular complexity index is 5500. The molecule has 6 aromatic heterocycles. The molecule has 0 saturated heterocycles. The number of Topliss-reactive ketones (excluding diaryl/α,β-unsaturated/α-hetero) is 3. The summed E-state index contributed by atoms with van der Waals surface area (Å²) in [4.78, 5) is 89.3. The van der Waals surface area contributed by atoms with Crippen LogP contribution in [0.2, 0.25) is 0 Å². The molecule has 3 unspecified atom stereocenters. The summed E-state index contributed by atoms with van der Waals surface area (Å²) in [7, 11) is 4.09. The smallest absolute Gasteiger partial charge is 0.405 e. The normalized spacial score (nSPS) is 12.2. The molecule has 21 nitrogen and oxygen atoms in total. The minimum Gasteiger partial charge on any atom is -0.437 e. The Labute approximate surface area is 670 Å². The molecule has 0 saturated carbocycles. The Morgan fingerprint density at radius 1 is 0.358 bits per heavy atom. The second kappa shape index (κ2) is 36.8. The molecule has 36 heteroatoms. The fraction of sp³-hybridized carbons (Fsp3) is 0.214. The molecule has 6 heterocycles. The maximum Gasteiger partial charge on any atom is 0.405 e. The first-order valence-corrected chi connectivity index (χ1v) is 35.7. The molecule has 0 aliphatic rings. The Kier molecular flexibility index (Phi) is 27.0. The molecule has 6 N–H and O–H groups in total. The van der Waals surface area contributed by atoms with Gasteiger partial charge in [-0.05, 0) is 165 Å². The topological polar surface area (TPSA) is 324 Å². The number of amides is 3. The Balaban J connectivity index is 0.000000189. The van der Waals surface area contributed by atoms with Gasteiger partial charge in [-0.1, -0.05) is 18.2 Å². The van der Waals surface area contributed by atoms with Crippen LogP contribution < -0.4 is 31.9 Å². The van der Waals surface area contributed by atoms with Crippen LogP contribution in [0.25, 0.3) is 101 Å². The zero-order valence-corrected chi connectivity index (χ0v) is 63.4. The Morgan fingerprint density at radius 3 is 0.792 bits per heavy atom. The van der Waals surface area contributed by atoms with Crippen LogP contribution in [0.1, 0.15) is 102 Å². The van der Waals surface area contributed by atoms with Crippen LogP contribution in [0.5, 0.6) is 0 Å². The first kappa shape index (κ1) is 88.0. The van der Waals surface area contributed by atoms with Crippen molar-refractivity contribution in [3.05, 3.63) is 214 Å². The zero-order valence-electron chi connectivity index (χ0n) is 63.4. The molecule has 0 bridgehead atoms. The van der Waals surface area contributed by atoms with E-state index in [1.165, 1.54) is 115 Å². The maximum absolute atomic E-state index is 14.6. The van der Waals surface area contributed by atoms with Crippen molar-refractivity contribution in [2.45, 2.75) is 58.6 Å². The highest BCUT2D eigenvalue weighted by molar-refractivity contribution is 6.14. The first-order chi connectivity index (χ1) is 56.7. The van der Waals surface area contributed by atoms with Crippen molar-refractivity contribution < 1.29 is 108 Å². The third-order valence-electron chi connectivity index (χ3n) is 18.0. The summed E-state index contributed by atoms with van der Waals surface area (Å²) >= 11 is 0. The number of nitrogens with one attached hydrogen (secondary N) is 6. The highest BCUT2D eigenvalue weighted by Gasteiger charge is 2.35. The van der Waals surface area contributed by atoms with Crippen molar-refractivity contribution in [2.75, 3.05) is 56.7 Å². The molecule has 0 aliphatic heterocycles. The molecule has 12 rings (SSSR count). The lowest BCUT2D eigenvalue weighted by atomic mass is 9.96. The van der Waals surface area contributed by atoms with Gasteiger partial charge in [0.1, 0.15) is 89.3 Å². The summed E-state index contributed by atoms with van der Waals surface area (Å²) in [6.45, 7) is 0.0642. The molecule has 6 aromatic carbocycles. The molecule has 3 atom stereocenters. The number of carbonyl (C=O) groups is 6. The average molecular weight is 1670 g/mol. The standard InChI is InChI=1S/3C28H21F5N4O3/c3*1-14(12-34)9-22(38)19-10-16(5-8-21(19)30)18-11-20-23(26(39)35-2)24(15-3-6-17(29)7-4-15)40-27(20)37-25(18)36-13-28(31,32)33/h3*3-8,10-11,14H,9,13H2,1-2H3,(H,35,39)(H,36,37). The number of hydrogen-bond donors (Lipinski definition) is 6. The minimum absolute atomic E-state index is 0.00114. The van der Waals surface area contributed by atoms with E-state index in [-0.39, 0.29) is 154 Å². The average Bonchev–Trinajstić information content (AvgIpc) is 1.61. The van der Waals surface area contributed by atoms with Gasteiger partial charge in [0.25, 0.3) is 17.7 Å². The third kappa shape index (κ3) is 20.9. The van der Waals surface area contributed by atoms with Crippen LogP contribution in [0.3, 0.4) is 0 Å². The molecule has 0 spiro atoms. The largest absolute Gasteiger partial charge is 0.437 e. The van der Waals surface area contributed by atoms with Crippen LogP contribution >= 0.6 is 0 Å². The van der Waals surface area contributed by atoms with Gasteiger partial charge in [-0.25, -0.2) is 26.3 Å². The van der Waals surface area contributed by atoms with Gasteiger partial charge in [0.2, 0.25) is 17.1 Å². The molecule has 120 heavy (non-hydrogen) atoms. The van der Waals surface area contributed by atoms with Gasteiger partial charge in [0.05, 0.1) is 85.5 Å². The number of alkyl halides is 9. The summed E-state index contributed by atoms with van der Waals surface area (Å²) < 4.78 is 220. The van der Waals surface area contributed by atoms with Gasteiger partial charge in [-0.3, -0.25) is 28.8 Å². The van der Waals surface area contributed by atoms with Crippen LogP contribution in [0, 0.1) is 86.7 Å². The van der Waals surface area contributed by atoms with Gasteiger partial charge in [-0.15, -0.1) is 0 Å². The third-order valence-corrected chi connectivity index (χ3v) is 18.0. The van der Waals surface area contributed by atoms with Crippen molar-refractivity contribution in [3.8, 4) is 85.6 Å². The van der Waals surface area contributed by atoms with E-state index in [2.05, 4.69) is 46.9 Å². The number of anilines is 3. The molecule has 0 radical (unpaired) electrons. The highest BCUT2D eigenvalue weighted by Crippen LogP contribution is 2.44. The van der Waals surface area contributed by atoms with E-state index in [9.17, 15) is 94.6 Å². The SMILES string of the molecule is CNC(=O)c1c(-c2ccc(F)cc2)oc2nc(NCC(F)(F)F)c(-c3ccc(F)c(C(=O)CC(C)C#N)c3)cc12.CNC(=O)c1c(-c2ccc(F)cc2)oc2nc(NCC(F)(F)F)c(-c3ccc(F)c(C(=O)CC(C)C#N)c3)cc12.CNC(=O)c1c(-c2ccc(F)cc2)oc2nc(NCC(F)(F)F)c(-c3ccc(F)c(C(=O)CC(C)C#N)c3)cc12. The summed E-state index contributed by atoms with van der Waals surface area (Å²) in [5.41, 5.74) is -0.282. The number of aromatic nitrogens is 3. The lowest BCUT2D eigenvalue weighted by Crippen LogP contribution is -2.22. The lowest BCUT2D eigenvalue weighted by molar-refractivity contribution is -0.116. The van der Waals surface area contributed by atoms with Crippen molar-refractivity contribution in [1.82, 2.24) is 30.9 Å². The van der Waals surface area contributed by atoms with Crippen molar-refractivity contribution >= 4 is 85.8 Å². The van der Waals surface area contributed by atoms with Gasteiger partial charge in [-0.2, -0.15) is 70.3 Å². The zero-order chi connectivity index (χ0) is 87.6. The molecule has 618 valence electrons. The number of fused-ring (bicyclic) bond motifs is 3. The summed E-state index contributed by atoms with van der Waals surface area (Å²) in [5, 5.41) is 41.4. The van der Waals surface area contributed by atoms with Crippen molar-refractivity contribution in [1.29, 1.82) is 15.8 Å². The molecule has 3 amide bonds. The van der Waals surface area contributed by atoms with E-state index in [0.717, 1.165) is 72.8 Å². The Morgan fingerprint density at radius 2 is 0.583 bits per heavy atom. The number of nitriles is 3. The first-order valence-electron chi connectivity index (χ1n) is 35.7. The van der Waals surface area contributed by atoms with E-state index < -0.39 is 126 Å². The number of halogens is 15. The monoisotopic (exact) mass is 1670 g/mol. The number of furan rings is 3. The lowest BCUT2D eigenvalue weighted by Gasteiger charge is -2.14. The number of carbonyl (C=O) groups excluding carboxylic acids is 6. The Hall–Kier alpha value is -14.4. The number of nitrogens with zero attached hydrogens (tertiary/aromatic N) is 6. The number of pyridine rings is 3. The van der Waals surface area contributed by atoms with E-state index in [4.69, 9.17) is 29.0 Å². The highest BCUT2D eigenvalue weighted by atomic mass is 19.4. The second-order valence-corrected chi connectivity index (χ2v) is 26.9. The van der Waals surface area contributed by atoms with Gasteiger partial charge < -0.3 is 45.2 Å². The quantitative estimate of drug-likeness (QED) is 0.0242. The molecule has 0 fully saturated rings. The molecule has 12 aromatic rings. The molecule has 0 aliphatic carbocycles. The molecular formula is C84H63F15N12O9. The summed E-state index contributed by atoms with van der Waals surface area (Å²) in [6.07, 6.45) is -14.7. The number of rotatable bonds is 24. The maximum atomic E-state index is 14.6.